The Labute approximate surface area is 127 Å². The molecule has 1 aromatic rings. The number of benzene rings is 1. The van der Waals surface area contributed by atoms with Gasteiger partial charge < -0.3 is 15.8 Å². The maximum Gasteiger partial charge on any atom is 0.261 e. The van der Waals surface area contributed by atoms with Crippen molar-refractivity contribution in [2.45, 2.75) is 64.6 Å². The van der Waals surface area contributed by atoms with Gasteiger partial charge in [-0.05, 0) is 63.3 Å². The van der Waals surface area contributed by atoms with Crippen LogP contribution < -0.4 is 15.8 Å². The van der Waals surface area contributed by atoms with Gasteiger partial charge in [0, 0.05) is 11.6 Å². The molecule has 1 aliphatic rings. The third-order valence-corrected chi connectivity index (χ3v) is 4.27. The van der Waals surface area contributed by atoms with Gasteiger partial charge in [0.1, 0.15) is 5.75 Å². The lowest BCUT2D eigenvalue weighted by atomic mass is 10.0. The van der Waals surface area contributed by atoms with Crippen LogP contribution >= 0.6 is 0 Å². The highest BCUT2D eigenvalue weighted by molar-refractivity contribution is 5.81. The molecule has 1 aliphatic carbocycles. The van der Waals surface area contributed by atoms with Crippen LogP contribution in [0.1, 0.15) is 57.7 Å². The Kier molecular flexibility index (Phi) is 4.57. The van der Waals surface area contributed by atoms with Gasteiger partial charge in [-0.15, -0.1) is 0 Å². The molecule has 21 heavy (non-hydrogen) atoms. The van der Waals surface area contributed by atoms with Gasteiger partial charge in [-0.3, -0.25) is 4.79 Å². The largest absolute Gasteiger partial charge is 0.481 e. The maximum absolute atomic E-state index is 12.2. The van der Waals surface area contributed by atoms with E-state index in [0.29, 0.717) is 0 Å². The second-order valence-corrected chi connectivity index (χ2v) is 6.49. The lowest BCUT2D eigenvalue weighted by molar-refractivity contribution is -0.128. The second-order valence-electron chi connectivity index (χ2n) is 6.49. The first-order chi connectivity index (χ1) is 9.82. The summed E-state index contributed by atoms with van der Waals surface area (Å²) in [6.07, 6.45) is 2.34. The van der Waals surface area contributed by atoms with Gasteiger partial charge in [0.2, 0.25) is 0 Å². The molecule has 0 saturated heterocycles. The molecule has 0 aromatic heterocycles. The highest BCUT2D eigenvalue weighted by Gasteiger charge is 2.24. The summed E-state index contributed by atoms with van der Waals surface area (Å²) in [5.74, 6) is 0.652. The molecule has 1 amide bonds. The molecule has 0 spiro atoms. The molecular weight excluding hydrogens is 264 g/mol. The van der Waals surface area contributed by atoms with E-state index in [2.05, 4.69) is 12.2 Å². The van der Waals surface area contributed by atoms with Crippen molar-refractivity contribution in [2.75, 3.05) is 0 Å². The number of rotatable bonds is 5. The Balaban J connectivity index is 2.00. The summed E-state index contributed by atoms with van der Waals surface area (Å²) >= 11 is 0. The van der Waals surface area contributed by atoms with E-state index in [0.717, 1.165) is 25.0 Å². The Morgan fingerprint density at radius 3 is 2.90 bits per heavy atom. The fourth-order valence-electron chi connectivity index (χ4n) is 2.48. The summed E-state index contributed by atoms with van der Waals surface area (Å²) in [4.78, 5) is 12.2. The van der Waals surface area contributed by atoms with Gasteiger partial charge in [-0.2, -0.15) is 0 Å². The fourth-order valence-corrected chi connectivity index (χ4v) is 2.48. The highest BCUT2D eigenvalue weighted by Crippen LogP contribution is 2.32. The molecule has 0 radical (unpaired) electrons. The molecule has 0 fully saturated rings. The van der Waals surface area contributed by atoms with Gasteiger partial charge in [-0.25, -0.2) is 0 Å². The molecule has 2 atom stereocenters. The number of fused-ring (bicyclic) bond motifs is 1. The van der Waals surface area contributed by atoms with E-state index in [1.165, 1.54) is 11.1 Å². The normalized spacial score (nSPS) is 19.0. The second kappa shape index (κ2) is 6.06. The number of carbonyl (C=O) groups excluding carboxylic acids is 1. The number of nitrogens with one attached hydrogen (secondary N) is 1. The number of nitrogens with two attached hydrogens (primary N) is 1. The summed E-state index contributed by atoms with van der Waals surface area (Å²) in [5.41, 5.74) is 8.25. The SMILES string of the molecule is CCC(C)(C)NC(=O)C(C)Oc1ccc2c(c1)CCC2N. The van der Waals surface area contributed by atoms with Crippen molar-refractivity contribution >= 4 is 5.91 Å². The van der Waals surface area contributed by atoms with Crippen molar-refractivity contribution in [2.24, 2.45) is 5.73 Å². The van der Waals surface area contributed by atoms with Gasteiger partial charge in [0.25, 0.3) is 5.91 Å². The van der Waals surface area contributed by atoms with Crippen molar-refractivity contribution < 1.29 is 9.53 Å². The van der Waals surface area contributed by atoms with Crippen LogP contribution in [-0.4, -0.2) is 17.6 Å². The van der Waals surface area contributed by atoms with E-state index in [-0.39, 0.29) is 17.5 Å². The summed E-state index contributed by atoms with van der Waals surface area (Å²) in [6.45, 7) is 7.85. The molecule has 2 rings (SSSR count). The Morgan fingerprint density at radius 2 is 2.24 bits per heavy atom. The van der Waals surface area contributed by atoms with E-state index in [1.807, 2.05) is 32.0 Å². The summed E-state index contributed by atoms with van der Waals surface area (Å²) < 4.78 is 5.77. The Morgan fingerprint density at radius 1 is 1.52 bits per heavy atom. The number of ether oxygens (including phenoxy) is 1. The number of aryl methyl sites for hydroxylation is 1. The van der Waals surface area contributed by atoms with Crippen molar-refractivity contribution in [1.29, 1.82) is 0 Å². The predicted molar refractivity (Wildman–Crippen MR) is 84.3 cm³/mol. The quantitative estimate of drug-likeness (QED) is 0.876. The molecule has 0 saturated carbocycles. The van der Waals surface area contributed by atoms with Crippen molar-refractivity contribution in [3.63, 3.8) is 0 Å². The van der Waals surface area contributed by atoms with Crippen LogP contribution in [0.25, 0.3) is 0 Å². The molecule has 1 aromatic carbocycles. The lowest BCUT2D eigenvalue weighted by Crippen LogP contribution is -2.48. The average molecular weight is 290 g/mol. The molecule has 116 valence electrons. The predicted octanol–water partition coefficient (Wildman–Crippen LogP) is 2.70. The zero-order valence-electron chi connectivity index (χ0n) is 13.4. The summed E-state index contributed by atoms with van der Waals surface area (Å²) in [7, 11) is 0. The molecule has 4 heteroatoms. The van der Waals surface area contributed by atoms with Gasteiger partial charge >= 0.3 is 0 Å². The average Bonchev–Trinajstić information content (AvgIpc) is 2.79. The first-order valence-corrected chi connectivity index (χ1v) is 7.69. The van der Waals surface area contributed by atoms with Gasteiger partial charge in [-0.1, -0.05) is 13.0 Å². The minimum Gasteiger partial charge on any atom is -0.481 e. The van der Waals surface area contributed by atoms with E-state index >= 15 is 0 Å². The first kappa shape index (κ1) is 15.8. The minimum absolute atomic E-state index is 0.0842. The number of carbonyl (C=O) groups is 1. The number of hydrogen-bond donors (Lipinski definition) is 2. The number of hydrogen-bond acceptors (Lipinski definition) is 3. The standard InChI is InChI=1S/C17H26N2O2/c1-5-17(3,4)19-16(20)11(2)21-13-7-8-14-12(10-13)6-9-15(14)18/h7-8,10-11,15H,5-6,9,18H2,1-4H3,(H,19,20). The van der Waals surface area contributed by atoms with E-state index in [1.54, 1.807) is 6.92 Å². The molecule has 0 aliphatic heterocycles. The first-order valence-electron chi connectivity index (χ1n) is 7.69. The van der Waals surface area contributed by atoms with Crippen molar-refractivity contribution in [1.82, 2.24) is 5.32 Å². The lowest BCUT2D eigenvalue weighted by Gasteiger charge is -2.26. The zero-order valence-corrected chi connectivity index (χ0v) is 13.4. The molecule has 0 bridgehead atoms. The van der Waals surface area contributed by atoms with Crippen molar-refractivity contribution in [3.05, 3.63) is 29.3 Å². The molecule has 0 heterocycles. The Bertz CT molecular complexity index is 526. The van der Waals surface area contributed by atoms with Crippen LogP contribution in [0.2, 0.25) is 0 Å². The minimum atomic E-state index is -0.510. The smallest absolute Gasteiger partial charge is 0.261 e. The third kappa shape index (κ3) is 3.76. The van der Waals surface area contributed by atoms with Crippen LogP contribution in [0.3, 0.4) is 0 Å². The topological polar surface area (TPSA) is 64.3 Å². The van der Waals surface area contributed by atoms with E-state index in [9.17, 15) is 4.79 Å². The van der Waals surface area contributed by atoms with Crippen LogP contribution in [0.5, 0.6) is 5.75 Å². The summed E-state index contributed by atoms with van der Waals surface area (Å²) in [5, 5.41) is 3.00. The maximum atomic E-state index is 12.2. The monoisotopic (exact) mass is 290 g/mol. The van der Waals surface area contributed by atoms with Crippen LogP contribution in [0, 0.1) is 0 Å². The van der Waals surface area contributed by atoms with Crippen molar-refractivity contribution in [3.8, 4) is 5.75 Å². The molecule has 2 unspecified atom stereocenters. The third-order valence-electron chi connectivity index (χ3n) is 4.27. The van der Waals surface area contributed by atoms with Gasteiger partial charge in [0.05, 0.1) is 0 Å². The van der Waals surface area contributed by atoms with E-state index < -0.39 is 6.10 Å². The zero-order chi connectivity index (χ0) is 15.6. The van der Waals surface area contributed by atoms with Crippen LogP contribution in [0.15, 0.2) is 18.2 Å². The molecule has 4 nitrogen and oxygen atoms in total. The fraction of sp³-hybridized carbons (Fsp3) is 0.588. The van der Waals surface area contributed by atoms with Crippen LogP contribution in [-0.2, 0) is 11.2 Å². The molecule has 3 N–H and O–H groups in total. The molecular formula is C17H26N2O2. The Hall–Kier alpha value is -1.55. The summed E-state index contributed by atoms with van der Waals surface area (Å²) in [6, 6.07) is 6.07. The van der Waals surface area contributed by atoms with E-state index in [4.69, 9.17) is 10.5 Å². The van der Waals surface area contributed by atoms with Gasteiger partial charge in [0.15, 0.2) is 6.10 Å². The number of amides is 1. The van der Waals surface area contributed by atoms with Crippen LogP contribution in [0.4, 0.5) is 0 Å². The highest BCUT2D eigenvalue weighted by atomic mass is 16.5.